The quantitative estimate of drug-likeness (QED) is 0.876. The number of ether oxygens (including phenoxy) is 1. The largest absolute Gasteiger partial charge is 0.487 e. The highest BCUT2D eigenvalue weighted by Crippen LogP contribution is 2.22. The molecule has 2 nitrogen and oxygen atoms in total. The monoisotopic (exact) mass is 284 g/mol. The van der Waals surface area contributed by atoms with Gasteiger partial charge in [0, 0.05) is 6.07 Å². The molecule has 0 fully saturated rings. The maximum atomic E-state index is 13.4. The molecular formula is C18H17FO2. The van der Waals surface area contributed by atoms with E-state index in [9.17, 15) is 4.39 Å². The molecule has 0 aliphatic rings. The third-order valence-corrected chi connectivity index (χ3v) is 3.26. The zero-order valence-electron chi connectivity index (χ0n) is 12.1. The average molecular weight is 284 g/mol. The van der Waals surface area contributed by atoms with Gasteiger partial charge in [0.25, 0.3) is 0 Å². The molecule has 0 aromatic heterocycles. The van der Waals surface area contributed by atoms with Gasteiger partial charge in [-0.15, -0.1) is 0 Å². The summed E-state index contributed by atoms with van der Waals surface area (Å²) in [6, 6.07) is 10.2. The molecule has 0 aliphatic carbocycles. The number of hydrogen-bond donors (Lipinski definition) is 1. The van der Waals surface area contributed by atoms with Crippen molar-refractivity contribution in [3.8, 4) is 17.6 Å². The highest BCUT2D eigenvalue weighted by atomic mass is 19.1. The summed E-state index contributed by atoms with van der Waals surface area (Å²) in [5.74, 6) is 5.33. The van der Waals surface area contributed by atoms with Crippen LogP contribution in [-0.2, 0) is 6.61 Å². The van der Waals surface area contributed by atoms with Crippen LogP contribution in [0.25, 0.3) is 0 Å². The van der Waals surface area contributed by atoms with E-state index >= 15 is 0 Å². The number of halogens is 1. The van der Waals surface area contributed by atoms with Gasteiger partial charge in [-0.1, -0.05) is 30.0 Å². The number of aliphatic hydroxyl groups excluding tert-OH is 1. The molecule has 0 spiro atoms. The second-order valence-electron chi connectivity index (χ2n) is 4.76. The Bertz CT molecular complexity index is 676. The maximum absolute atomic E-state index is 13.4. The van der Waals surface area contributed by atoms with Crippen LogP contribution in [0.3, 0.4) is 0 Å². The normalized spacial score (nSPS) is 9.90. The van der Waals surface area contributed by atoms with Gasteiger partial charge in [0.1, 0.15) is 24.8 Å². The van der Waals surface area contributed by atoms with Crippen LogP contribution < -0.4 is 4.74 Å². The lowest BCUT2D eigenvalue weighted by Crippen LogP contribution is -2.02. The topological polar surface area (TPSA) is 29.5 Å². The SMILES string of the molecule is Cc1cccc(C)c1COc1cc(F)ccc1C#CCO. The molecule has 2 rings (SSSR count). The van der Waals surface area contributed by atoms with Crippen molar-refractivity contribution in [2.24, 2.45) is 0 Å². The van der Waals surface area contributed by atoms with Crippen LogP contribution in [0.2, 0.25) is 0 Å². The lowest BCUT2D eigenvalue weighted by atomic mass is 10.0. The molecular weight excluding hydrogens is 267 g/mol. The summed E-state index contributed by atoms with van der Waals surface area (Å²) in [5, 5.41) is 8.77. The van der Waals surface area contributed by atoms with E-state index in [4.69, 9.17) is 9.84 Å². The highest BCUT2D eigenvalue weighted by Gasteiger charge is 2.07. The van der Waals surface area contributed by atoms with Gasteiger partial charge < -0.3 is 9.84 Å². The lowest BCUT2D eigenvalue weighted by Gasteiger charge is -2.12. The van der Waals surface area contributed by atoms with Crippen LogP contribution in [0, 0.1) is 31.5 Å². The van der Waals surface area contributed by atoms with Crippen molar-refractivity contribution in [3.05, 3.63) is 64.5 Å². The first-order valence-corrected chi connectivity index (χ1v) is 6.69. The van der Waals surface area contributed by atoms with E-state index in [0.29, 0.717) is 17.9 Å². The van der Waals surface area contributed by atoms with Gasteiger partial charge in [0.05, 0.1) is 5.56 Å². The fourth-order valence-corrected chi connectivity index (χ4v) is 2.08. The van der Waals surface area contributed by atoms with Crippen LogP contribution in [-0.4, -0.2) is 11.7 Å². The summed E-state index contributed by atoms with van der Waals surface area (Å²) in [5.41, 5.74) is 3.92. The predicted octanol–water partition coefficient (Wildman–Crippen LogP) is 3.37. The lowest BCUT2D eigenvalue weighted by molar-refractivity contribution is 0.302. The number of aryl methyl sites for hydroxylation is 2. The molecule has 0 heterocycles. The van der Waals surface area contributed by atoms with Crippen molar-refractivity contribution < 1.29 is 14.2 Å². The van der Waals surface area contributed by atoms with Crippen molar-refractivity contribution in [1.29, 1.82) is 0 Å². The summed E-state index contributed by atoms with van der Waals surface area (Å²) < 4.78 is 19.1. The Labute approximate surface area is 124 Å². The Kier molecular flexibility index (Phi) is 4.97. The van der Waals surface area contributed by atoms with E-state index in [0.717, 1.165) is 16.7 Å². The van der Waals surface area contributed by atoms with Crippen molar-refractivity contribution >= 4 is 0 Å². The van der Waals surface area contributed by atoms with Gasteiger partial charge in [0.2, 0.25) is 0 Å². The third-order valence-electron chi connectivity index (χ3n) is 3.26. The van der Waals surface area contributed by atoms with E-state index in [2.05, 4.69) is 11.8 Å². The van der Waals surface area contributed by atoms with E-state index in [1.807, 2.05) is 32.0 Å². The molecule has 1 N–H and O–H groups in total. The first-order chi connectivity index (χ1) is 10.1. The Balaban J connectivity index is 2.25. The van der Waals surface area contributed by atoms with Gasteiger partial charge in [-0.25, -0.2) is 4.39 Å². The molecule has 0 amide bonds. The zero-order chi connectivity index (χ0) is 15.2. The van der Waals surface area contributed by atoms with Crippen molar-refractivity contribution in [2.45, 2.75) is 20.5 Å². The molecule has 2 aromatic carbocycles. The summed E-state index contributed by atoms with van der Waals surface area (Å²) in [6.45, 7) is 4.15. The third kappa shape index (κ3) is 3.84. The Hall–Kier alpha value is -2.31. The fraction of sp³-hybridized carbons (Fsp3) is 0.222. The van der Waals surface area contributed by atoms with Crippen LogP contribution in [0.1, 0.15) is 22.3 Å². The van der Waals surface area contributed by atoms with Crippen molar-refractivity contribution in [1.82, 2.24) is 0 Å². The first kappa shape index (κ1) is 15.1. The maximum Gasteiger partial charge on any atom is 0.138 e. The smallest absolute Gasteiger partial charge is 0.138 e. The molecule has 0 saturated carbocycles. The van der Waals surface area contributed by atoms with Gasteiger partial charge in [-0.3, -0.25) is 0 Å². The average Bonchev–Trinajstić information content (AvgIpc) is 2.46. The van der Waals surface area contributed by atoms with Gasteiger partial charge in [-0.2, -0.15) is 0 Å². The molecule has 21 heavy (non-hydrogen) atoms. The first-order valence-electron chi connectivity index (χ1n) is 6.69. The minimum atomic E-state index is -0.374. The second-order valence-corrected chi connectivity index (χ2v) is 4.76. The molecule has 0 radical (unpaired) electrons. The minimum absolute atomic E-state index is 0.242. The van der Waals surface area contributed by atoms with Gasteiger partial charge in [-0.05, 0) is 42.7 Å². The molecule has 0 atom stereocenters. The van der Waals surface area contributed by atoms with Crippen molar-refractivity contribution in [2.75, 3.05) is 6.61 Å². The van der Waals surface area contributed by atoms with Crippen LogP contribution >= 0.6 is 0 Å². The van der Waals surface area contributed by atoms with Crippen LogP contribution in [0.5, 0.6) is 5.75 Å². The van der Waals surface area contributed by atoms with Gasteiger partial charge in [0.15, 0.2) is 0 Å². The zero-order valence-corrected chi connectivity index (χ0v) is 12.1. The summed E-state index contributed by atoms with van der Waals surface area (Å²) in [6.07, 6.45) is 0. The number of aliphatic hydroxyl groups is 1. The van der Waals surface area contributed by atoms with Crippen LogP contribution in [0.4, 0.5) is 4.39 Å². The Morgan fingerprint density at radius 3 is 2.52 bits per heavy atom. The van der Waals surface area contributed by atoms with E-state index < -0.39 is 0 Å². The van der Waals surface area contributed by atoms with E-state index in [-0.39, 0.29) is 12.4 Å². The molecule has 2 aromatic rings. The van der Waals surface area contributed by atoms with E-state index in [1.54, 1.807) is 6.07 Å². The fourth-order valence-electron chi connectivity index (χ4n) is 2.08. The number of benzene rings is 2. The minimum Gasteiger partial charge on any atom is -0.487 e. The Morgan fingerprint density at radius 2 is 1.86 bits per heavy atom. The van der Waals surface area contributed by atoms with Crippen molar-refractivity contribution in [3.63, 3.8) is 0 Å². The summed E-state index contributed by atoms with van der Waals surface area (Å²) in [4.78, 5) is 0. The predicted molar refractivity (Wildman–Crippen MR) is 80.6 cm³/mol. The standard InChI is InChI=1S/C18H17FO2/c1-13-5-3-6-14(2)17(13)12-21-18-11-16(19)9-8-15(18)7-4-10-20/h3,5-6,8-9,11,20H,10,12H2,1-2H3. The molecule has 3 heteroatoms. The molecule has 0 bridgehead atoms. The molecule has 108 valence electrons. The second kappa shape index (κ2) is 6.92. The van der Waals surface area contributed by atoms with Crippen LogP contribution in [0.15, 0.2) is 36.4 Å². The van der Waals surface area contributed by atoms with Gasteiger partial charge >= 0.3 is 0 Å². The highest BCUT2D eigenvalue weighted by molar-refractivity contribution is 5.46. The summed E-state index contributed by atoms with van der Waals surface area (Å²) >= 11 is 0. The van der Waals surface area contributed by atoms with E-state index in [1.165, 1.54) is 12.1 Å². The molecule has 0 saturated heterocycles. The number of hydrogen-bond acceptors (Lipinski definition) is 2. The molecule has 0 unspecified atom stereocenters. The Morgan fingerprint density at radius 1 is 1.14 bits per heavy atom. The number of rotatable bonds is 3. The molecule has 0 aliphatic heterocycles. The summed E-state index contributed by atoms with van der Waals surface area (Å²) in [7, 11) is 0.